The fourth-order valence-electron chi connectivity index (χ4n) is 4.02. The predicted molar refractivity (Wildman–Crippen MR) is 113 cm³/mol. The molecule has 6 rings (SSSR count). The summed E-state index contributed by atoms with van der Waals surface area (Å²) in [5.41, 5.74) is 1.91. The first-order valence-electron chi connectivity index (χ1n) is 10.7. The number of nitrogens with one attached hydrogen (secondary N) is 1. The molecule has 0 spiro atoms. The van der Waals surface area contributed by atoms with Gasteiger partial charge in [-0.2, -0.15) is 0 Å². The molecule has 1 amide bonds. The number of rotatable bonds is 4. The van der Waals surface area contributed by atoms with E-state index in [1.165, 1.54) is 35.5 Å². The smallest absolute Gasteiger partial charge is 0.438 e. The zero-order chi connectivity index (χ0) is 25.7. The molecule has 1 N–H and O–H groups in total. The molecule has 0 saturated heterocycles. The zero-order valence-electron chi connectivity index (χ0n) is 18.4. The Kier molecular flexibility index (Phi) is 5.13. The maximum atomic E-state index is 13.7. The molecule has 4 aromatic heterocycles. The van der Waals surface area contributed by atoms with Gasteiger partial charge in [0.25, 0.3) is 5.89 Å². The van der Waals surface area contributed by atoms with E-state index in [4.69, 9.17) is 8.83 Å². The van der Waals surface area contributed by atoms with Gasteiger partial charge >= 0.3 is 18.2 Å². The molecular formula is C22H13F4N7O4. The van der Waals surface area contributed by atoms with Crippen LogP contribution in [0.5, 0.6) is 5.75 Å². The monoisotopic (exact) mass is 515 g/mol. The Bertz CT molecular complexity index is 1610. The molecule has 0 aliphatic carbocycles. The van der Waals surface area contributed by atoms with E-state index in [-0.39, 0.29) is 29.5 Å². The van der Waals surface area contributed by atoms with Crippen molar-refractivity contribution in [2.24, 2.45) is 0 Å². The maximum Gasteiger partial charge on any atom is 0.573 e. The Balaban J connectivity index is 1.31. The minimum atomic E-state index is -4.87. The first kappa shape index (κ1) is 22.6. The van der Waals surface area contributed by atoms with Crippen molar-refractivity contribution in [3.63, 3.8) is 0 Å². The molecule has 1 aromatic carbocycles. The van der Waals surface area contributed by atoms with E-state index in [9.17, 15) is 22.4 Å². The number of fused-ring (bicyclic) bond motifs is 2. The van der Waals surface area contributed by atoms with Crippen molar-refractivity contribution >= 4 is 17.0 Å². The van der Waals surface area contributed by atoms with Gasteiger partial charge in [-0.15, -0.1) is 23.4 Å². The highest BCUT2D eigenvalue weighted by atomic mass is 19.4. The lowest BCUT2D eigenvalue weighted by atomic mass is 10.0. The summed E-state index contributed by atoms with van der Waals surface area (Å²) in [5, 5.41) is 7.58. The second-order valence-electron chi connectivity index (χ2n) is 7.92. The van der Waals surface area contributed by atoms with Crippen LogP contribution in [0.3, 0.4) is 0 Å². The number of amides is 1. The van der Waals surface area contributed by atoms with E-state index < -0.39 is 35.8 Å². The number of aromatic nitrogens is 6. The Labute approximate surface area is 203 Å². The van der Waals surface area contributed by atoms with Crippen LogP contribution in [0.1, 0.15) is 34.0 Å². The molecule has 11 nitrogen and oxygen atoms in total. The fraction of sp³-hybridized carbons (Fsp3) is 0.182. The minimum Gasteiger partial charge on any atom is -0.438 e. The Morgan fingerprint density at radius 2 is 2.00 bits per heavy atom. The number of hydrogen-bond acceptors (Lipinski definition) is 9. The van der Waals surface area contributed by atoms with Crippen LogP contribution < -0.4 is 4.74 Å². The van der Waals surface area contributed by atoms with Crippen LogP contribution in [0, 0.1) is 5.82 Å². The largest absolute Gasteiger partial charge is 0.573 e. The molecule has 15 heteroatoms. The first-order chi connectivity index (χ1) is 17.7. The summed E-state index contributed by atoms with van der Waals surface area (Å²) < 4.78 is 65.9. The molecule has 5 heterocycles. The highest BCUT2D eigenvalue weighted by Gasteiger charge is 2.39. The Morgan fingerprint density at radius 3 is 2.78 bits per heavy atom. The number of benzene rings is 1. The van der Waals surface area contributed by atoms with Crippen molar-refractivity contribution in [2.75, 3.05) is 6.54 Å². The number of imidazole rings is 1. The van der Waals surface area contributed by atoms with Crippen molar-refractivity contribution in [3.8, 4) is 17.3 Å². The van der Waals surface area contributed by atoms with Crippen molar-refractivity contribution in [2.45, 2.75) is 18.8 Å². The van der Waals surface area contributed by atoms with E-state index in [1.54, 1.807) is 0 Å². The van der Waals surface area contributed by atoms with E-state index in [0.29, 0.717) is 17.7 Å². The summed E-state index contributed by atoms with van der Waals surface area (Å²) in [5.74, 6) is -2.15. The number of pyridine rings is 1. The maximum absolute atomic E-state index is 13.7. The molecule has 1 aliphatic heterocycles. The normalized spacial score (nSPS) is 15.7. The third-order valence-corrected chi connectivity index (χ3v) is 5.58. The minimum absolute atomic E-state index is 0.0341. The molecule has 0 bridgehead atoms. The summed E-state index contributed by atoms with van der Waals surface area (Å²) in [6.45, 7) is 0.214. The molecule has 5 aromatic rings. The van der Waals surface area contributed by atoms with Crippen molar-refractivity contribution in [1.29, 1.82) is 0 Å². The molecule has 0 radical (unpaired) electrons. The number of aromatic amines is 1. The Morgan fingerprint density at radius 1 is 1.14 bits per heavy atom. The third kappa shape index (κ3) is 4.23. The predicted octanol–water partition coefficient (Wildman–Crippen LogP) is 3.82. The third-order valence-electron chi connectivity index (χ3n) is 5.58. The lowest BCUT2D eigenvalue weighted by molar-refractivity contribution is -0.274. The van der Waals surface area contributed by atoms with Gasteiger partial charge in [0.05, 0.1) is 18.2 Å². The van der Waals surface area contributed by atoms with Crippen LogP contribution in [0.4, 0.5) is 17.6 Å². The van der Waals surface area contributed by atoms with E-state index in [0.717, 1.165) is 18.0 Å². The molecule has 0 fully saturated rings. The van der Waals surface area contributed by atoms with Crippen LogP contribution in [0.15, 0.2) is 51.7 Å². The van der Waals surface area contributed by atoms with Gasteiger partial charge in [-0.1, -0.05) is 0 Å². The van der Waals surface area contributed by atoms with Crippen LogP contribution in [0.2, 0.25) is 0 Å². The molecule has 1 atom stereocenters. The summed E-state index contributed by atoms with van der Waals surface area (Å²) in [7, 11) is 0. The molecular weight excluding hydrogens is 502 g/mol. The van der Waals surface area contributed by atoms with Gasteiger partial charge in [-0.3, -0.25) is 4.79 Å². The summed E-state index contributed by atoms with van der Waals surface area (Å²) in [6, 6.07) is 5.22. The molecule has 1 aliphatic rings. The molecule has 0 saturated carbocycles. The second kappa shape index (κ2) is 8.39. The van der Waals surface area contributed by atoms with Crippen LogP contribution >= 0.6 is 0 Å². The number of nitrogens with zero attached hydrogens (tertiary/aromatic N) is 6. The van der Waals surface area contributed by atoms with Gasteiger partial charge in [0.2, 0.25) is 5.89 Å². The second-order valence-corrected chi connectivity index (χ2v) is 7.92. The molecule has 0 unspecified atom stereocenters. The fourth-order valence-corrected chi connectivity index (χ4v) is 4.02. The van der Waals surface area contributed by atoms with Crippen LogP contribution in [-0.4, -0.2) is 53.8 Å². The lowest BCUT2D eigenvalue weighted by Gasteiger charge is -2.31. The average Bonchev–Trinajstić information content (AvgIpc) is 3.61. The van der Waals surface area contributed by atoms with Crippen molar-refractivity contribution in [3.05, 3.63) is 71.8 Å². The number of ether oxygens (including phenoxy) is 1. The number of H-pyrrole nitrogens is 1. The van der Waals surface area contributed by atoms with Crippen LogP contribution in [-0.2, 0) is 6.42 Å². The molecule has 37 heavy (non-hydrogen) atoms. The Hall–Kier alpha value is -4.82. The first-order valence-corrected chi connectivity index (χ1v) is 10.7. The number of hydrogen-bond donors (Lipinski definition) is 1. The highest BCUT2D eigenvalue weighted by molar-refractivity contribution is 5.90. The number of oxazole rings is 1. The van der Waals surface area contributed by atoms with E-state index in [1.807, 2.05) is 0 Å². The van der Waals surface area contributed by atoms with E-state index in [2.05, 4.69) is 34.9 Å². The summed E-state index contributed by atoms with van der Waals surface area (Å²) in [6.07, 6.45) is -2.11. The van der Waals surface area contributed by atoms with Crippen molar-refractivity contribution in [1.82, 2.24) is 35.0 Å². The number of alkyl halides is 3. The van der Waals surface area contributed by atoms with E-state index >= 15 is 0 Å². The van der Waals surface area contributed by atoms with Crippen LogP contribution in [0.25, 0.3) is 22.7 Å². The van der Waals surface area contributed by atoms with Gasteiger partial charge in [0, 0.05) is 24.7 Å². The zero-order valence-corrected chi connectivity index (χ0v) is 18.4. The van der Waals surface area contributed by atoms with Gasteiger partial charge < -0.3 is 23.5 Å². The van der Waals surface area contributed by atoms with Gasteiger partial charge in [-0.25, -0.2) is 19.3 Å². The van der Waals surface area contributed by atoms with Crippen molar-refractivity contribution < 1.29 is 35.9 Å². The van der Waals surface area contributed by atoms with Gasteiger partial charge in [0.1, 0.15) is 22.8 Å². The number of halogens is 4. The lowest BCUT2D eigenvalue weighted by Crippen LogP contribution is -2.41. The summed E-state index contributed by atoms with van der Waals surface area (Å²) >= 11 is 0. The molecule has 188 valence electrons. The SMILES string of the molecule is O=C(c1nnc(-c2ccc(OC(F)(F)F)cn2)o1)N1CCc2[nH]cnc2[C@H]1c1nc2cc(F)ccc2o1. The quantitative estimate of drug-likeness (QED) is 0.354. The summed E-state index contributed by atoms with van der Waals surface area (Å²) in [4.78, 5) is 30.4. The van der Waals surface area contributed by atoms with Gasteiger partial charge in [-0.05, 0) is 24.3 Å². The number of carbonyl (C=O) groups is 1. The topological polar surface area (TPSA) is 136 Å². The average molecular weight is 515 g/mol. The van der Waals surface area contributed by atoms with Gasteiger partial charge in [0.15, 0.2) is 11.6 Å². The standard InChI is InChI=1S/C22H13F4N7O4/c23-10-1-4-15-14(7-10)30-19(35-15)17-16-12(28-9-29-16)5-6-33(17)21(34)20-32-31-18(36-20)13-3-2-11(8-27-13)37-22(24,25)26/h1-4,7-9,17H,5-6H2,(H,28,29)/t17-/m0/s1. The number of carbonyl (C=O) groups excluding carboxylic acids is 1. The highest BCUT2D eigenvalue weighted by Crippen LogP contribution is 2.35.